The Morgan fingerprint density at radius 3 is 2.54 bits per heavy atom. The standard InChI is InChI=1S/C19H26ClN3O3/c1-14-11-21(12-15(2)26-14)8-7-18(24)22-9-10-23(19(25)13-22)17-6-4-3-5-16(17)20/h3-6,14-15H,7-13H2,1-2H3/t14-,15+. The minimum Gasteiger partial charge on any atom is -0.373 e. The maximum absolute atomic E-state index is 12.5. The van der Waals surface area contributed by atoms with E-state index in [4.69, 9.17) is 16.3 Å². The number of carbonyl (C=O) groups excluding carboxylic acids is 2. The molecule has 2 saturated heterocycles. The number of morpholine rings is 1. The first-order valence-corrected chi connectivity index (χ1v) is 9.52. The number of hydrogen-bond acceptors (Lipinski definition) is 4. The van der Waals surface area contributed by atoms with Gasteiger partial charge in [-0.25, -0.2) is 0 Å². The van der Waals surface area contributed by atoms with Gasteiger partial charge in [0, 0.05) is 39.1 Å². The first-order valence-electron chi connectivity index (χ1n) is 9.14. The van der Waals surface area contributed by atoms with Crippen LogP contribution in [0, 0.1) is 0 Å². The molecule has 1 aromatic rings. The fourth-order valence-electron chi connectivity index (χ4n) is 3.69. The normalized spacial score (nSPS) is 24.8. The number of piperazine rings is 1. The van der Waals surface area contributed by atoms with Gasteiger partial charge in [0.1, 0.15) is 6.54 Å². The summed E-state index contributed by atoms with van der Waals surface area (Å²) in [7, 11) is 0. The lowest BCUT2D eigenvalue weighted by atomic mass is 10.2. The van der Waals surface area contributed by atoms with Crippen LogP contribution in [0.15, 0.2) is 24.3 Å². The van der Waals surface area contributed by atoms with Gasteiger partial charge in [-0.2, -0.15) is 0 Å². The fourth-order valence-corrected chi connectivity index (χ4v) is 3.93. The minimum absolute atomic E-state index is 0.0314. The highest BCUT2D eigenvalue weighted by molar-refractivity contribution is 6.33. The van der Waals surface area contributed by atoms with E-state index in [1.165, 1.54) is 0 Å². The van der Waals surface area contributed by atoms with E-state index in [9.17, 15) is 9.59 Å². The summed E-state index contributed by atoms with van der Waals surface area (Å²) in [5.74, 6) is -0.0599. The Morgan fingerprint density at radius 2 is 1.88 bits per heavy atom. The molecule has 2 aliphatic rings. The lowest BCUT2D eigenvalue weighted by molar-refractivity contribution is -0.137. The van der Waals surface area contributed by atoms with Crippen molar-refractivity contribution in [1.29, 1.82) is 0 Å². The lowest BCUT2D eigenvalue weighted by Gasteiger charge is -2.37. The molecule has 1 aromatic carbocycles. The highest BCUT2D eigenvalue weighted by Gasteiger charge is 2.29. The molecule has 2 fully saturated rings. The predicted molar refractivity (Wildman–Crippen MR) is 101 cm³/mol. The molecule has 0 bridgehead atoms. The smallest absolute Gasteiger partial charge is 0.246 e. The first kappa shape index (κ1) is 19.1. The second-order valence-corrected chi connectivity index (χ2v) is 7.49. The Morgan fingerprint density at radius 1 is 1.19 bits per heavy atom. The summed E-state index contributed by atoms with van der Waals surface area (Å²) in [4.78, 5) is 30.6. The molecule has 2 amide bonds. The van der Waals surface area contributed by atoms with Crippen LogP contribution in [0.5, 0.6) is 0 Å². The first-order chi connectivity index (χ1) is 12.4. The van der Waals surface area contributed by atoms with Gasteiger partial charge < -0.3 is 14.5 Å². The van der Waals surface area contributed by atoms with E-state index in [0.717, 1.165) is 13.1 Å². The largest absolute Gasteiger partial charge is 0.373 e. The number of hydrogen-bond donors (Lipinski definition) is 0. The van der Waals surface area contributed by atoms with E-state index in [2.05, 4.69) is 18.7 Å². The number of anilines is 1. The molecule has 2 atom stereocenters. The van der Waals surface area contributed by atoms with Crippen LogP contribution in [-0.2, 0) is 14.3 Å². The monoisotopic (exact) mass is 379 g/mol. The van der Waals surface area contributed by atoms with Crippen LogP contribution in [-0.4, -0.2) is 73.1 Å². The third-order valence-corrected chi connectivity index (χ3v) is 5.17. The molecule has 7 heteroatoms. The fraction of sp³-hybridized carbons (Fsp3) is 0.579. The molecule has 26 heavy (non-hydrogen) atoms. The summed E-state index contributed by atoms with van der Waals surface area (Å²) in [5.41, 5.74) is 0.711. The van der Waals surface area contributed by atoms with Gasteiger partial charge in [-0.1, -0.05) is 23.7 Å². The topological polar surface area (TPSA) is 53.1 Å². The van der Waals surface area contributed by atoms with Crippen LogP contribution in [0.3, 0.4) is 0 Å². The van der Waals surface area contributed by atoms with Crippen LogP contribution < -0.4 is 4.90 Å². The number of carbonyl (C=O) groups is 2. The van der Waals surface area contributed by atoms with E-state index >= 15 is 0 Å². The van der Waals surface area contributed by atoms with E-state index in [-0.39, 0.29) is 30.6 Å². The van der Waals surface area contributed by atoms with Gasteiger partial charge in [0.05, 0.1) is 22.9 Å². The van der Waals surface area contributed by atoms with Crippen LogP contribution >= 0.6 is 11.6 Å². The molecule has 6 nitrogen and oxygen atoms in total. The summed E-state index contributed by atoms with van der Waals surface area (Å²) in [5, 5.41) is 0.552. The van der Waals surface area contributed by atoms with E-state index < -0.39 is 0 Å². The minimum atomic E-state index is -0.0914. The second-order valence-electron chi connectivity index (χ2n) is 7.08. The highest BCUT2D eigenvalue weighted by atomic mass is 35.5. The molecule has 0 saturated carbocycles. The van der Waals surface area contributed by atoms with Crippen molar-refractivity contribution in [2.45, 2.75) is 32.5 Å². The van der Waals surface area contributed by atoms with Crippen LogP contribution in [0.25, 0.3) is 0 Å². The number of rotatable bonds is 4. The number of amides is 2. The van der Waals surface area contributed by atoms with E-state index in [1.54, 1.807) is 15.9 Å². The Labute approximate surface area is 159 Å². The molecule has 0 spiro atoms. The van der Waals surface area contributed by atoms with Crippen LogP contribution in [0.2, 0.25) is 5.02 Å². The second kappa shape index (κ2) is 8.37. The van der Waals surface area contributed by atoms with Crippen molar-refractivity contribution in [2.75, 3.05) is 44.2 Å². The molecule has 0 aromatic heterocycles. The van der Waals surface area contributed by atoms with Gasteiger partial charge in [0.2, 0.25) is 11.8 Å². The van der Waals surface area contributed by atoms with Gasteiger partial charge >= 0.3 is 0 Å². The summed E-state index contributed by atoms with van der Waals surface area (Å²) in [6.07, 6.45) is 0.808. The zero-order valence-corrected chi connectivity index (χ0v) is 16.1. The third-order valence-electron chi connectivity index (χ3n) is 4.85. The summed E-state index contributed by atoms with van der Waals surface area (Å²) >= 11 is 6.19. The Kier molecular flexibility index (Phi) is 6.16. The van der Waals surface area contributed by atoms with Crippen molar-refractivity contribution in [3.05, 3.63) is 29.3 Å². The average Bonchev–Trinajstić information content (AvgIpc) is 2.59. The van der Waals surface area contributed by atoms with Crippen molar-refractivity contribution < 1.29 is 14.3 Å². The van der Waals surface area contributed by atoms with Gasteiger partial charge in [0.15, 0.2) is 0 Å². The SMILES string of the molecule is C[C@@H]1CN(CCC(=O)N2CCN(c3ccccc3Cl)C(=O)C2)C[C@H](C)O1. The van der Waals surface area contributed by atoms with Gasteiger partial charge in [-0.3, -0.25) is 14.5 Å². The van der Waals surface area contributed by atoms with Crippen molar-refractivity contribution in [1.82, 2.24) is 9.80 Å². The maximum atomic E-state index is 12.5. The summed E-state index contributed by atoms with van der Waals surface area (Å²) in [6.45, 7) is 7.61. The molecule has 0 unspecified atom stereocenters. The number of benzene rings is 1. The molecule has 2 aliphatic heterocycles. The molecular formula is C19H26ClN3O3. The van der Waals surface area contributed by atoms with Crippen molar-refractivity contribution in [3.63, 3.8) is 0 Å². The molecule has 2 heterocycles. The number of nitrogens with zero attached hydrogens (tertiary/aromatic N) is 3. The quantitative estimate of drug-likeness (QED) is 0.803. The van der Waals surface area contributed by atoms with E-state index in [1.807, 2.05) is 18.2 Å². The maximum Gasteiger partial charge on any atom is 0.246 e. The zero-order chi connectivity index (χ0) is 18.7. The Bertz CT molecular complexity index is 659. The number of para-hydroxylation sites is 1. The zero-order valence-electron chi connectivity index (χ0n) is 15.4. The molecule has 0 N–H and O–H groups in total. The summed E-state index contributed by atoms with van der Waals surface area (Å²) in [6, 6.07) is 7.30. The van der Waals surface area contributed by atoms with Crippen LogP contribution in [0.4, 0.5) is 5.69 Å². The van der Waals surface area contributed by atoms with Crippen molar-refractivity contribution in [2.24, 2.45) is 0 Å². The number of halogens is 1. The van der Waals surface area contributed by atoms with Crippen molar-refractivity contribution in [3.8, 4) is 0 Å². The average molecular weight is 380 g/mol. The predicted octanol–water partition coefficient (Wildman–Crippen LogP) is 2.01. The molecule has 3 rings (SSSR count). The highest BCUT2D eigenvalue weighted by Crippen LogP contribution is 2.26. The molecule has 142 valence electrons. The Hall–Kier alpha value is -1.63. The molecular weight excluding hydrogens is 354 g/mol. The Balaban J connectivity index is 1.51. The van der Waals surface area contributed by atoms with Gasteiger partial charge in [-0.05, 0) is 26.0 Å². The van der Waals surface area contributed by atoms with E-state index in [0.29, 0.717) is 36.8 Å². The number of ether oxygens (including phenoxy) is 1. The molecule has 0 radical (unpaired) electrons. The van der Waals surface area contributed by atoms with Gasteiger partial charge in [-0.15, -0.1) is 0 Å². The summed E-state index contributed by atoms with van der Waals surface area (Å²) < 4.78 is 5.72. The van der Waals surface area contributed by atoms with Crippen LogP contribution in [0.1, 0.15) is 20.3 Å². The van der Waals surface area contributed by atoms with Crippen molar-refractivity contribution >= 4 is 29.1 Å². The van der Waals surface area contributed by atoms with Gasteiger partial charge in [0.25, 0.3) is 0 Å². The lowest BCUT2D eigenvalue weighted by Crippen LogP contribution is -2.53. The molecule has 0 aliphatic carbocycles. The third kappa shape index (κ3) is 4.55.